The third kappa shape index (κ3) is 1.52. The van der Waals surface area contributed by atoms with Crippen molar-refractivity contribution in [2.45, 2.75) is 11.8 Å². The second-order valence-electron chi connectivity index (χ2n) is 3.20. The Balaban J connectivity index is 2.86. The number of sulfonamides is 1. The number of aryl methyl sites for hydroxylation is 1. The van der Waals surface area contributed by atoms with E-state index in [9.17, 15) is 8.42 Å². The molecule has 2 rings (SSSR count). The van der Waals surface area contributed by atoms with E-state index in [0.717, 1.165) is 5.56 Å². The Morgan fingerprint density at radius 3 is 2.67 bits per heavy atom. The molecule has 6 heteroatoms. The minimum absolute atomic E-state index is 0.00741. The van der Waals surface area contributed by atoms with Crippen LogP contribution in [0.15, 0.2) is 21.4 Å². The number of hydrogen-bond donors (Lipinski definition) is 0. The summed E-state index contributed by atoms with van der Waals surface area (Å²) in [5, 5.41) is -0.00741. The van der Waals surface area contributed by atoms with Gasteiger partial charge in [-0.25, -0.2) is 0 Å². The van der Waals surface area contributed by atoms with Crippen molar-refractivity contribution in [1.82, 2.24) is 0 Å². The molecule has 0 atom stereocenters. The molecule has 0 unspecified atom stereocenters. The van der Waals surface area contributed by atoms with Crippen LogP contribution < -0.4 is 4.74 Å². The molecule has 0 radical (unpaired) electrons. The summed E-state index contributed by atoms with van der Waals surface area (Å²) in [4.78, 5) is 0.0561. The molecule has 1 aromatic rings. The summed E-state index contributed by atoms with van der Waals surface area (Å²) in [6.07, 6.45) is 0. The van der Waals surface area contributed by atoms with Gasteiger partial charge in [0.15, 0.2) is 5.17 Å². The molecule has 0 aliphatic carbocycles. The molecule has 0 saturated carbocycles. The van der Waals surface area contributed by atoms with Gasteiger partial charge in [0.25, 0.3) is 10.0 Å². The van der Waals surface area contributed by atoms with Crippen LogP contribution in [0.25, 0.3) is 0 Å². The quantitative estimate of drug-likeness (QED) is 0.757. The zero-order valence-corrected chi connectivity index (χ0v) is 9.69. The Kier molecular flexibility index (Phi) is 2.24. The Labute approximate surface area is 92.6 Å². The van der Waals surface area contributed by atoms with Gasteiger partial charge in [0.2, 0.25) is 0 Å². The van der Waals surface area contributed by atoms with E-state index in [0.29, 0.717) is 5.56 Å². The van der Waals surface area contributed by atoms with E-state index in [1.807, 2.05) is 6.92 Å². The topological polar surface area (TPSA) is 55.7 Å². The van der Waals surface area contributed by atoms with Gasteiger partial charge in [-0.05, 0) is 24.6 Å². The van der Waals surface area contributed by atoms with Gasteiger partial charge in [0.05, 0.1) is 7.11 Å². The molecule has 1 aromatic carbocycles. The first kappa shape index (κ1) is 10.4. The number of ether oxygens (including phenoxy) is 1. The molecule has 4 nitrogen and oxygen atoms in total. The predicted molar refractivity (Wildman–Crippen MR) is 57.3 cm³/mol. The zero-order chi connectivity index (χ0) is 11.2. The maximum absolute atomic E-state index is 11.6. The van der Waals surface area contributed by atoms with Gasteiger partial charge in [0.1, 0.15) is 10.6 Å². The molecule has 1 aliphatic rings. The first-order chi connectivity index (χ1) is 6.95. The number of rotatable bonds is 1. The first-order valence-corrected chi connectivity index (χ1v) is 5.97. The molecule has 0 saturated heterocycles. The molecule has 15 heavy (non-hydrogen) atoms. The predicted octanol–water partition coefficient (Wildman–Crippen LogP) is 1.69. The highest BCUT2D eigenvalue weighted by Crippen LogP contribution is 2.36. The summed E-state index contributed by atoms with van der Waals surface area (Å²) in [5.41, 5.74) is 1.28. The fourth-order valence-corrected chi connectivity index (χ4v) is 3.22. The van der Waals surface area contributed by atoms with Gasteiger partial charge in [0, 0.05) is 5.56 Å². The van der Waals surface area contributed by atoms with Crippen molar-refractivity contribution in [2.24, 2.45) is 4.40 Å². The summed E-state index contributed by atoms with van der Waals surface area (Å²) in [5.74, 6) is 0.282. The van der Waals surface area contributed by atoms with Crippen LogP contribution in [-0.2, 0) is 10.0 Å². The van der Waals surface area contributed by atoms with Gasteiger partial charge in [-0.1, -0.05) is 11.6 Å². The van der Waals surface area contributed by atoms with Gasteiger partial charge >= 0.3 is 0 Å². The number of halogens is 1. The van der Waals surface area contributed by atoms with Gasteiger partial charge in [-0.15, -0.1) is 4.40 Å². The third-order valence-electron chi connectivity index (χ3n) is 2.10. The molecule has 1 aliphatic heterocycles. The average molecular weight is 246 g/mol. The third-order valence-corrected chi connectivity index (χ3v) is 3.85. The fourth-order valence-electron chi connectivity index (χ4n) is 1.51. The van der Waals surface area contributed by atoms with Crippen LogP contribution in [0.4, 0.5) is 0 Å². The van der Waals surface area contributed by atoms with Crippen molar-refractivity contribution in [3.8, 4) is 5.75 Å². The molecule has 0 aromatic heterocycles. The lowest BCUT2D eigenvalue weighted by Crippen LogP contribution is -1.99. The lowest BCUT2D eigenvalue weighted by Gasteiger charge is -2.06. The van der Waals surface area contributed by atoms with E-state index >= 15 is 0 Å². The summed E-state index contributed by atoms with van der Waals surface area (Å²) < 4.78 is 31.6. The monoisotopic (exact) mass is 245 g/mol. The molecule has 0 N–H and O–H groups in total. The highest BCUT2D eigenvalue weighted by molar-refractivity contribution is 7.91. The van der Waals surface area contributed by atoms with E-state index in [1.54, 1.807) is 12.1 Å². The number of nitrogens with zero attached hydrogens (tertiary/aromatic N) is 1. The molecule has 1 heterocycles. The molecule has 80 valence electrons. The van der Waals surface area contributed by atoms with Gasteiger partial charge in [-0.2, -0.15) is 8.42 Å². The van der Waals surface area contributed by atoms with Crippen LogP contribution in [0.3, 0.4) is 0 Å². The molecular formula is C9H8ClNO3S. The highest BCUT2D eigenvalue weighted by Gasteiger charge is 2.32. The number of hydrogen-bond acceptors (Lipinski definition) is 3. The van der Waals surface area contributed by atoms with Crippen molar-refractivity contribution in [3.63, 3.8) is 0 Å². The van der Waals surface area contributed by atoms with Crippen molar-refractivity contribution in [2.75, 3.05) is 7.11 Å². The maximum atomic E-state index is 11.6. The summed E-state index contributed by atoms with van der Waals surface area (Å²) in [7, 11) is -2.27. The Morgan fingerprint density at radius 2 is 2.07 bits per heavy atom. The van der Waals surface area contributed by atoms with E-state index in [1.165, 1.54) is 7.11 Å². The van der Waals surface area contributed by atoms with Crippen LogP contribution in [0, 0.1) is 6.92 Å². The number of methoxy groups -OCH3 is 1. The second-order valence-corrected chi connectivity index (χ2v) is 5.10. The Morgan fingerprint density at radius 1 is 1.40 bits per heavy atom. The Bertz CT molecular complexity index is 563. The van der Waals surface area contributed by atoms with Crippen LogP contribution >= 0.6 is 11.6 Å². The highest BCUT2D eigenvalue weighted by atomic mass is 35.5. The minimum atomic E-state index is -3.68. The van der Waals surface area contributed by atoms with E-state index in [-0.39, 0.29) is 15.8 Å². The van der Waals surface area contributed by atoms with Crippen LogP contribution in [0.5, 0.6) is 5.75 Å². The number of fused-ring (bicyclic) bond motifs is 1. The summed E-state index contributed by atoms with van der Waals surface area (Å²) >= 11 is 5.74. The molecular weight excluding hydrogens is 238 g/mol. The van der Waals surface area contributed by atoms with E-state index < -0.39 is 10.0 Å². The lowest BCUT2D eigenvalue weighted by molar-refractivity contribution is 0.402. The standard InChI is InChI=1S/C9H8ClNO3S/c1-5-3-6-8(7(4-5)14-2)15(12,13)11-9(6)10/h3-4H,1-2H3. The average Bonchev–Trinajstić information content (AvgIpc) is 2.36. The van der Waals surface area contributed by atoms with Crippen molar-refractivity contribution in [3.05, 3.63) is 23.3 Å². The summed E-state index contributed by atoms with van der Waals surface area (Å²) in [6, 6.07) is 3.32. The zero-order valence-electron chi connectivity index (χ0n) is 8.11. The van der Waals surface area contributed by atoms with Crippen LogP contribution in [0.1, 0.15) is 11.1 Å². The normalized spacial score (nSPS) is 17.1. The lowest BCUT2D eigenvalue weighted by atomic mass is 10.1. The van der Waals surface area contributed by atoms with E-state index in [2.05, 4.69) is 4.40 Å². The first-order valence-electron chi connectivity index (χ1n) is 4.15. The van der Waals surface area contributed by atoms with E-state index in [4.69, 9.17) is 16.3 Å². The number of benzene rings is 1. The smallest absolute Gasteiger partial charge is 0.288 e. The SMILES string of the molecule is COc1cc(C)cc2c1S(=O)(=O)N=C2Cl. The summed E-state index contributed by atoms with van der Waals surface area (Å²) in [6.45, 7) is 1.83. The molecule has 0 bridgehead atoms. The second kappa shape index (κ2) is 3.21. The largest absolute Gasteiger partial charge is 0.495 e. The van der Waals surface area contributed by atoms with Crippen molar-refractivity contribution >= 4 is 26.8 Å². The van der Waals surface area contributed by atoms with Crippen LogP contribution in [-0.4, -0.2) is 20.7 Å². The van der Waals surface area contributed by atoms with Gasteiger partial charge < -0.3 is 4.74 Å². The van der Waals surface area contributed by atoms with Crippen molar-refractivity contribution in [1.29, 1.82) is 0 Å². The molecule has 0 fully saturated rings. The van der Waals surface area contributed by atoms with Crippen LogP contribution in [0.2, 0.25) is 0 Å². The maximum Gasteiger partial charge on any atom is 0.288 e. The Hall–Kier alpha value is -1.07. The molecule has 0 spiro atoms. The van der Waals surface area contributed by atoms with Crippen molar-refractivity contribution < 1.29 is 13.2 Å². The molecule has 0 amide bonds. The van der Waals surface area contributed by atoms with Gasteiger partial charge in [-0.3, -0.25) is 0 Å². The minimum Gasteiger partial charge on any atom is -0.495 e. The fraction of sp³-hybridized carbons (Fsp3) is 0.222.